The molecule has 0 aliphatic rings. The van der Waals surface area contributed by atoms with Gasteiger partial charge in [0, 0.05) is 0 Å². The molecule has 0 radical (unpaired) electrons. The van der Waals surface area contributed by atoms with Crippen molar-refractivity contribution in [2.24, 2.45) is 33.2 Å². The Kier molecular flexibility index (Phi) is 8.81. The molecule has 12 N–H and O–H groups in total. The summed E-state index contributed by atoms with van der Waals surface area (Å²) in [7, 11) is 0. The molecule has 20 heavy (non-hydrogen) atoms. The Morgan fingerprint density at radius 3 is 0.900 bits per heavy atom. The summed E-state index contributed by atoms with van der Waals surface area (Å²) in [5, 5.41) is 36.6. The zero-order valence-corrected chi connectivity index (χ0v) is 12.7. The molecule has 0 aliphatic carbocycles. The van der Waals surface area contributed by atoms with E-state index < -0.39 is 34.4 Å². The van der Waals surface area contributed by atoms with Crippen molar-refractivity contribution < 1.29 is 0 Å². The second-order valence-corrected chi connectivity index (χ2v) is 4.00. The third-order valence-corrected chi connectivity index (χ3v) is 2.55. The van der Waals surface area contributed by atoms with Gasteiger partial charge in [-0.15, -0.1) is 24.8 Å². The molecule has 0 aliphatic heterocycles. The van der Waals surface area contributed by atoms with Crippen LogP contribution in [0.25, 0.3) is 0 Å². The maximum atomic E-state index is 7.33. The molecule has 0 spiro atoms. The van der Waals surface area contributed by atoms with Crippen LogP contribution in [0.3, 0.4) is 0 Å². The number of halogens is 2. The Morgan fingerprint density at radius 1 is 0.650 bits per heavy atom. The van der Waals surface area contributed by atoms with Gasteiger partial charge in [-0.2, -0.15) is 10.2 Å². The van der Waals surface area contributed by atoms with Gasteiger partial charge in [-0.3, -0.25) is 21.6 Å². The Hall–Kier alpha value is -1.94. The summed E-state index contributed by atoms with van der Waals surface area (Å²) in [5.74, 6) is -1.97. The van der Waals surface area contributed by atoms with Gasteiger partial charge in [0.25, 0.3) is 0 Å². The fourth-order valence-corrected chi connectivity index (χ4v) is 0.706. The molecule has 0 atom stereocenters. The summed E-state index contributed by atoms with van der Waals surface area (Å²) >= 11 is 0. The van der Waals surface area contributed by atoms with E-state index in [4.69, 9.17) is 44.6 Å². The molecular formula is C8H20Cl2N10. The maximum Gasteiger partial charge on any atom is 0.191 e. The van der Waals surface area contributed by atoms with Crippen molar-refractivity contribution >= 4 is 48.2 Å². The maximum absolute atomic E-state index is 7.33. The van der Waals surface area contributed by atoms with Crippen molar-refractivity contribution in [2.45, 2.75) is 24.9 Å². The van der Waals surface area contributed by atoms with E-state index in [2.05, 4.69) is 10.2 Å². The molecule has 0 bridgehead atoms. The molecule has 0 aromatic heterocycles. The van der Waals surface area contributed by atoms with Gasteiger partial charge in [0.2, 0.25) is 0 Å². The molecule has 116 valence electrons. The monoisotopic (exact) mass is 326 g/mol. The Bertz CT molecular complexity index is 375. The van der Waals surface area contributed by atoms with Gasteiger partial charge in [0.1, 0.15) is 23.3 Å². The van der Waals surface area contributed by atoms with E-state index in [0.717, 1.165) is 0 Å². The van der Waals surface area contributed by atoms with Crippen LogP contribution in [0.15, 0.2) is 10.2 Å². The van der Waals surface area contributed by atoms with Gasteiger partial charge >= 0.3 is 0 Å². The van der Waals surface area contributed by atoms with Crippen LogP contribution in [-0.4, -0.2) is 34.4 Å². The lowest BCUT2D eigenvalue weighted by Crippen LogP contribution is -2.52. The van der Waals surface area contributed by atoms with Crippen molar-refractivity contribution in [3.63, 3.8) is 0 Å². The molecule has 0 saturated carbocycles. The van der Waals surface area contributed by atoms with Crippen LogP contribution in [0.2, 0.25) is 0 Å². The fraction of sp³-hybridized carbons (Fsp3) is 0.500. The molecule has 0 amide bonds. The van der Waals surface area contributed by atoms with Gasteiger partial charge in [-0.25, -0.2) is 0 Å². The fourth-order valence-electron chi connectivity index (χ4n) is 0.706. The van der Waals surface area contributed by atoms with E-state index in [1.165, 1.54) is 13.8 Å². The number of amidine groups is 4. The van der Waals surface area contributed by atoms with Crippen LogP contribution < -0.4 is 22.9 Å². The highest BCUT2D eigenvalue weighted by atomic mass is 35.5. The summed E-state index contributed by atoms with van der Waals surface area (Å²) in [6.07, 6.45) is 0. The number of hydrogen-bond donors (Lipinski definition) is 8. The van der Waals surface area contributed by atoms with Gasteiger partial charge < -0.3 is 22.9 Å². The third kappa shape index (κ3) is 4.31. The van der Waals surface area contributed by atoms with E-state index in [-0.39, 0.29) is 24.8 Å². The lowest BCUT2D eigenvalue weighted by molar-refractivity contribution is 0.651. The average molecular weight is 327 g/mol. The standard InChI is InChI=1S/C8H18N10.2ClH/c1-7(3(9)10,4(11)12)17-18-8(2,5(13)14)6(15)16;;/h1-2H3,(H3,9,10)(H3,11,12)(H3,13,14)(H3,15,16);2*1H. The van der Waals surface area contributed by atoms with Crippen molar-refractivity contribution in [3.8, 4) is 0 Å². The summed E-state index contributed by atoms with van der Waals surface area (Å²) in [6, 6.07) is 0. The molecule has 10 nitrogen and oxygen atoms in total. The molecule has 0 saturated heterocycles. The number of nitrogens with two attached hydrogens (primary N) is 4. The van der Waals surface area contributed by atoms with Crippen molar-refractivity contribution in [1.29, 1.82) is 21.6 Å². The quantitative estimate of drug-likeness (QED) is 0.184. The average Bonchev–Trinajstić information content (AvgIpc) is 2.23. The number of azo groups is 1. The molecule has 0 unspecified atom stereocenters. The topological polar surface area (TPSA) is 224 Å². The second kappa shape index (κ2) is 7.60. The molecule has 0 aromatic rings. The van der Waals surface area contributed by atoms with Crippen LogP contribution >= 0.6 is 24.8 Å². The number of nitrogens with zero attached hydrogens (tertiary/aromatic N) is 2. The SMILES string of the molecule is CC(N=NC(C)(C(=N)N)C(=N)N)(C(=N)N)C(=N)N.Cl.Cl. The van der Waals surface area contributed by atoms with Crippen molar-refractivity contribution in [1.82, 2.24) is 0 Å². The first-order chi connectivity index (χ1) is 7.98. The van der Waals surface area contributed by atoms with Crippen LogP contribution in [0.4, 0.5) is 0 Å². The highest BCUT2D eigenvalue weighted by Gasteiger charge is 2.37. The smallest absolute Gasteiger partial charge is 0.191 e. The first kappa shape index (κ1) is 23.2. The van der Waals surface area contributed by atoms with Crippen LogP contribution in [0, 0.1) is 21.6 Å². The summed E-state index contributed by atoms with van der Waals surface area (Å²) < 4.78 is 0. The highest BCUT2D eigenvalue weighted by molar-refractivity contribution is 6.12. The van der Waals surface area contributed by atoms with Crippen LogP contribution in [-0.2, 0) is 0 Å². The van der Waals surface area contributed by atoms with Gasteiger partial charge in [0.15, 0.2) is 11.1 Å². The van der Waals surface area contributed by atoms with Gasteiger partial charge in [0.05, 0.1) is 0 Å². The molecule has 0 fully saturated rings. The van der Waals surface area contributed by atoms with Crippen molar-refractivity contribution in [2.75, 3.05) is 0 Å². The molecular weight excluding hydrogens is 307 g/mol. The number of nitrogens with one attached hydrogen (secondary N) is 4. The molecule has 12 heteroatoms. The molecule has 0 rings (SSSR count). The second-order valence-electron chi connectivity index (χ2n) is 4.00. The minimum atomic E-state index is -1.65. The minimum absolute atomic E-state index is 0. The van der Waals surface area contributed by atoms with Gasteiger partial charge in [-0.05, 0) is 13.8 Å². The van der Waals surface area contributed by atoms with E-state index >= 15 is 0 Å². The zero-order chi connectivity index (χ0) is 14.7. The van der Waals surface area contributed by atoms with E-state index in [9.17, 15) is 0 Å². The van der Waals surface area contributed by atoms with Gasteiger partial charge in [-0.1, -0.05) is 0 Å². The highest BCUT2D eigenvalue weighted by Crippen LogP contribution is 2.16. The van der Waals surface area contributed by atoms with Crippen molar-refractivity contribution in [3.05, 3.63) is 0 Å². The predicted molar refractivity (Wildman–Crippen MR) is 83.8 cm³/mol. The summed E-state index contributed by atoms with van der Waals surface area (Å²) in [4.78, 5) is 0. The predicted octanol–water partition coefficient (Wildman–Crippen LogP) is -0.457. The summed E-state index contributed by atoms with van der Waals surface area (Å²) in [6.45, 7) is 2.61. The molecule has 0 heterocycles. The van der Waals surface area contributed by atoms with E-state index in [1.807, 2.05) is 0 Å². The third-order valence-electron chi connectivity index (χ3n) is 2.55. The first-order valence-corrected chi connectivity index (χ1v) is 4.80. The van der Waals surface area contributed by atoms with Crippen LogP contribution in [0.1, 0.15) is 13.8 Å². The number of hydrogen-bond acceptors (Lipinski definition) is 6. The summed E-state index contributed by atoms with van der Waals surface area (Å²) in [5.41, 5.74) is 17.9. The largest absolute Gasteiger partial charge is 0.385 e. The Balaban J connectivity index is -0.00000144. The lowest BCUT2D eigenvalue weighted by Gasteiger charge is -2.25. The zero-order valence-electron chi connectivity index (χ0n) is 11.0. The normalized spacial score (nSPS) is 15.9. The Labute approximate surface area is 128 Å². The Morgan fingerprint density at radius 2 is 0.800 bits per heavy atom. The lowest BCUT2D eigenvalue weighted by atomic mass is 10.00. The minimum Gasteiger partial charge on any atom is -0.385 e. The van der Waals surface area contributed by atoms with E-state index in [0.29, 0.717) is 0 Å². The van der Waals surface area contributed by atoms with Crippen LogP contribution in [0.5, 0.6) is 0 Å². The number of rotatable bonds is 6. The first-order valence-electron chi connectivity index (χ1n) is 4.80. The molecule has 0 aromatic carbocycles. The van der Waals surface area contributed by atoms with E-state index in [1.54, 1.807) is 0 Å².